The highest BCUT2D eigenvalue weighted by Crippen LogP contribution is 2.26. The summed E-state index contributed by atoms with van der Waals surface area (Å²) in [6.45, 7) is 1.72. The van der Waals surface area contributed by atoms with Crippen molar-refractivity contribution in [2.45, 2.75) is 6.92 Å². The lowest BCUT2D eigenvalue weighted by molar-refractivity contribution is 0.112. The second kappa shape index (κ2) is 6.15. The molecule has 1 heterocycles. The minimum Gasteiger partial charge on any atom is -0.339 e. The quantitative estimate of drug-likeness (QED) is 0.427. The number of hydrogen-bond acceptors (Lipinski definition) is 4. The van der Waals surface area contributed by atoms with Crippen LogP contribution in [0.1, 0.15) is 16.2 Å². The van der Waals surface area contributed by atoms with Crippen molar-refractivity contribution in [1.82, 2.24) is 9.97 Å². The van der Waals surface area contributed by atoms with Crippen LogP contribution in [0.2, 0.25) is 5.15 Å². The number of hydrogen-bond donors (Lipinski definition) is 1. The van der Waals surface area contributed by atoms with Crippen molar-refractivity contribution in [1.29, 1.82) is 0 Å². The van der Waals surface area contributed by atoms with Crippen molar-refractivity contribution >= 4 is 67.9 Å². The Balaban J connectivity index is 2.42. The Labute approximate surface area is 137 Å². The van der Waals surface area contributed by atoms with Crippen LogP contribution in [-0.4, -0.2) is 16.3 Å². The van der Waals surface area contributed by atoms with E-state index in [2.05, 4.69) is 53.8 Å². The SMILES string of the molecule is Cc1nc(Cl)c(C=O)c(Nc2ccc(Br)c(I)c2)n1. The lowest BCUT2D eigenvalue weighted by atomic mass is 10.3. The predicted octanol–water partition coefficient (Wildman–Crippen LogP) is 4.36. The number of nitrogens with one attached hydrogen (secondary N) is 1. The van der Waals surface area contributed by atoms with Gasteiger partial charge in [0.05, 0.1) is 5.56 Å². The fourth-order valence-corrected chi connectivity index (χ4v) is 2.48. The Hall–Kier alpha value is -0.730. The van der Waals surface area contributed by atoms with E-state index in [4.69, 9.17) is 11.6 Å². The van der Waals surface area contributed by atoms with E-state index in [9.17, 15) is 4.79 Å². The molecule has 0 radical (unpaired) electrons. The number of anilines is 2. The first kappa shape index (κ1) is 14.7. The average molecular weight is 452 g/mol. The number of benzene rings is 1. The number of nitrogens with zero attached hydrogens (tertiary/aromatic N) is 2. The fraction of sp³-hybridized carbons (Fsp3) is 0.0833. The number of aldehydes is 1. The number of aryl methyl sites for hydroxylation is 1. The molecule has 0 amide bonds. The predicted molar refractivity (Wildman–Crippen MR) is 87.3 cm³/mol. The molecule has 0 aliphatic heterocycles. The van der Waals surface area contributed by atoms with Crippen LogP contribution in [0.15, 0.2) is 22.7 Å². The minimum atomic E-state index is 0.150. The summed E-state index contributed by atoms with van der Waals surface area (Å²) in [5, 5.41) is 3.23. The fourth-order valence-electron chi connectivity index (χ4n) is 1.46. The molecule has 0 saturated heterocycles. The number of carbonyl (C=O) groups is 1. The zero-order valence-corrected chi connectivity index (χ0v) is 14.2. The maximum absolute atomic E-state index is 11.1. The van der Waals surface area contributed by atoms with Crippen molar-refractivity contribution in [2.75, 3.05) is 5.32 Å². The van der Waals surface area contributed by atoms with E-state index >= 15 is 0 Å². The standard InChI is InChI=1S/C12H8BrClIN3O/c1-6-16-11(14)8(5-19)12(17-6)18-7-2-3-9(13)10(15)4-7/h2-5H,1H3,(H,16,17,18). The maximum atomic E-state index is 11.1. The second-order valence-electron chi connectivity index (χ2n) is 3.70. The molecule has 4 nitrogen and oxygen atoms in total. The van der Waals surface area contributed by atoms with Gasteiger partial charge in [-0.2, -0.15) is 0 Å². The van der Waals surface area contributed by atoms with Crippen LogP contribution in [0.4, 0.5) is 11.5 Å². The Bertz CT molecular complexity index is 651. The van der Waals surface area contributed by atoms with Gasteiger partial charge in [-0.05, 0) is 63.6 Å². The zero-order chi connectivity index (χ0) is 14.0. The van der Waals surface area contributed by atoms with E-state index in [-0.39, 0.29) is 10.7 Å². The molecular formula is C12H8BrClIN3O. The monoisotopic (exact) mass is 451 g/mol. The third-order valence-corrected chi connectivity index (χ3v) is 4.92. The van der Waals surface area contributed by atoms with Crippen LogP contribution in [0.5, 0.6) is 0 Å². The van der Waals surface area contributed by atoms with Gasteiger partial charge in [-0.15, -0.1) is 0 Å². The van der Waals surface area contributed by atoms with E-state index in [1.165, 1.54) is 0 Å². The highest BCUT2D eigenvalue weighted by molar-refractivity contribution is 14.1. The summed E-state index contributed by atoms with van der Waals surface area (Å²) in [6.07, 6.45) is 0.647. The first-order valence-corrected chi connectivity index (χ1v) is 7.47. The van der Waals surface area contributed by atoms with E-state index < -0.39 is 0 Å². The molecule has 1 N–H and O–H groups in total. The molecule has 98 valence electrons. The van der Waals surface area contributed by atoms with Crippen LogP contribution >= 0.6 is 50.1 Å². The third-order valence-electron chi connectivity index (χ3n) is 2.31. The lowest BCUT2D eigenvalue weighted by Crippen LogP contribution is -2.03. The molecule has 2 rings (SSSR count). The van der Waals surface area contributed by atoms with Crippen molar-refractivity contribution in [3.63, 3.8) is 0 Å². The number of aromatic nitrogens is 2. The van der Waals surface area contributed by atoms with Crippen molar-refractivity contribution in [3.8, 4) is 0 Å². The first-order valence-electron chi connectivity index (χ1n) is 5.22. The summed E-state index contributed by atoms with van der Waals surface area (Å²) in [5.74, 6) is 0.913. The molecule has 0 spiro atoms. The summed E-state index contributed by atoms with van der Waals surface area (Å²) in [4.78, 5) is 19.2. The Morgan fingerprint density at radius 1 is 1.42 bits per heavy atom. The maximum Gasteiger partial charge on any atom is 0.156 e. The van der Waals surface area contributed by atoms with E-state index in [0.29, 0.717) is 17.9 Å². The highest BCUT2D eigenvalue weighted by Gasteiger charge is 2.11. The summed E-state index contributed by atoms with van der Waals surface area (Å²) >= 11 is 11.6. The van der Waals surface area contributed by atoms with Gasteiger partial charge < -0.3 is 5.32 Å². The van der Waals surface area contributed by atoms with Crippen LogP contribution in [0.3, 0.4) is 0 Å². The summed E-state index contributed by atoms with van der Waals surface area (Å²) in [5.41, 5.74) is 1.08. The lowest BCUT2D eigenvalue weighted by Gasteiger charge is -2.10. The molecule has 0 saturated carbocycles. The number of rotatable bonds is 3. The van der Waals surface area contributed by atoms with Gasteiger partial charge in [0.2, 0.25) is 0 Å². The van der Waals surface area contributed by atoms with Gasteiger partial charge in [-0.1, -0.05) is 11.6 Å². The molecule has 0 atom stereocenters. The van der Waals surface area contributed by atoms with E-state index in [1.54, 1.807) is 6.92 Å². The van der Waals surface area contributed by atoms with Gasteiger partial charge in [0.1, 0.15) is 16.8 Å². The van der Waals surface area contributed by atoms with Gasteiger partial charge in [0.25, 0.3) is 0 Å². The van der Waals surface area contributed by atoms with Crippen LogP contribution in [0.25, 0.3) is 0 Å². The minimum absolute atomic E-state index is 0.150. The van der Waals surface area contributed by atoms with Crippen LogP contribution < -0.4 is 5.32 Å². The smallest absolute Gasteiger partial charge is 0.156 e. The Kier molecular flexibility index (Phi) is 4.75. The molecular weight excluding hydrogens is 444 g/mol. The molecule has 0 aliphatic carbocycles. The highest BCUT2D eigenvalue weighted by atomic mass is 127. The Morgan fingerprint density at radius 3 is 2.79 bits per heavy atom. The summed E-state index contributed by atoms with van der Waals surface area (Å²) in [6, 6.07) is 5.73. The average Bonchev–Trinajstić information content (AvgIpc) is 2.33. The molecule has 19 heavy (non-hydrogen) atoms. The normalized spacial score (nSPS) is 10.3. The van der Waals surface area contributed by atoms with E-state index in [1.807, 2.05) is 18.2 Å². The molecule has 7 heteroatoms. The number of carbonyl (C=O) groups excluding carboxylic acids is 1. The largest absolute Gasteiger partial charge is 0.339 e. The van der Waals surface area contributed by atoms with Gasteiger partial charge in [-0.25, -0.2) is 9.97 Å². The van der Waals surface area contributed by atoms with Gasteiger partial charge in [0, 0.05) is 13.7 Å². The first-order chi connectivity index (χ1) is 9.01. The second-order valence-corrected chi connectivity index (χ2v) is 6.07. The van der Waals surface area contributed by atoms with Crippen molar-refractivity contribution < 1.29 is 4.79 Å². The molecule has 1 aromatic carbocycles. The van der Waals surface area contributed by atoms with Gasteiger partial charge >= 0.3 is 0 Å². The molecule has 2 aromatic rings. The molecule has 0 aliphatic rings. The van der Waals surface area contributed by atoms with Crippen molar-refractivity contribution in [2.24, 2.45) is 0 Å². The third kappa shape index (κ3) is 3.43. The molecule has 1 aromatic heterocycles. The summed E-state index contributed by atoms with van der Waals surface area (Å²) in [7, 11) is 0. The topological polar surface area (TPSA) is 54.9 Å². The number of halogens is 3. The zero-order valence-electron chi connectivity index (χ0n) is 9.75. The Morgan fingerprint density at radius 2 is 2.16 bits per heavy atom. The van der Waals surface area contributed by atoms with Crippen LogP contribution in [-0.2, 0) is 0 Å². The molecule has 0 fully saturated rings. The van der Waals surface area contributed by atoms with Crippen molar-refractivity contribution in [3.05, 3.63) is 42.8 Å². The molecule has 0 unspecified atom stereocenters. The summed E-state index contributed by atoms with van der Waals surface area (Å²) < 4.78 is 2.05. The van der Waals surface area contributed by atoms with Gasteiger partial charge in [-0.3, -0.25) is 4.79 Å². The van der Waals surface area contributed by atoms with Crippen LogP contribution in [0, 0.1) is 10.5 Å². The molecule has 0 bridgehead atoms. The van der Waals surface area contributed by atoms with Gasteiger partial charge in [0.15, 0.2) is 6.29 Å². The van der Waals surface area contributed by atoms with E-state index in [0.717, 1.165) is 13.7 Å².